The van der Waals surface area contributed by atoms with Crippen LogP contribution in [0.4, 0.5) is 14.5 Å². The smallest absolute Gasteiger partial charge is 0.289 e. The molecule has 0 radical (unpaired) electrons. The molecule has 202 valence electrons. The van der Waals surface area contributed by atoms with Gasteiger partial charge < -0.3 is 19.0 Å². The van der Waals surface area contributed by atoms with E-state index in [0.29, 0.717) is 57.3 Å². The van der Waals surface area contributed by atoms with E-state index in [1.54, 1.807) is 36.3 Å². The Morgan fingerprint density at radius 2 is 1.56 bits per heavy atom. The lowest BCUT2D eigenvalue weighted by Gasteiger charge is -2.35. The van der Waals surface area contributed by atoms with Gasteiger partial charge in [-0.1, -0.05) is 36.4 Å². The number of nitrogens with zero attached hydrogens (tertiary/aromatic N) is 3. The Bertz CT molecular complexity index is 1420. The molecule has 5 rings (SSSR count). The fourth-order valence-corrected chi connectivity index (χ4v) is 4.90. The average molecular weight is 532 g/mol. The van der Waals surface area contributed by atoms with Gasteiger partial charge in [0.2, 0.25) is 0 Å². The van der Waals surface area contributed by atoms with Crippen molar-refractivity contribution < 1.29 is 22.7 Å². The molecule has 1 aliphatic heterocycles. The summed E-state index contributed by atoms with van der Waals surface area (Å²) in [5.41, 5.74) is 2.44. The van der Waals surface area contributed by atoms with Gasteiger partial charge in [0.15, 0.2) is 5.76 Å². The highest BCUT2D eigenvalue weighted by molar-refractivity contribution is 5.91. The molecule has 6 nitrogen and oxygen atoms in total. The number of methoxy groups -OCH3 is 1. The topological polar surface area (TPSA) is 49.2 Å². The number of anilines is 1. The number of hydrogen-bond acceptors (Lipinski definition) is 5. The van der Waals surface area contributed by atoms with Gasteiger partial charge in [-0.2, -0.15) is 0 Å². The first kappa shape index (κ1) is 26.4. The zero-order valence-electron chi connectivity index (χ0n) is 21.9. The summed E-state index contributed by atoms with van der Waals surface area (Å²) in [5, 5.41) is 0. The predicted molar refractivity (Wildman–Crippen MR) is 146 cm³/mol. The summed E-state index contributed by atoms with van der Waals surface area (Å²) in [5.74, 6) is 0.955. The van der Waals surface area contributed by atoms with Crippen LogP contribution in [0, 0.1) is 11.6 Å². The number of hydrogen-bond donors (Lipinski definition) is 0. The Kier molecular flexibility index (Phi) is 8.22. The number of ether oxygens (including phenoxy) is 1. The van der Waals surface area contributed by atoms with Crippen LogP contribution >= 0.6 is 0 Å². The van der Waals surface area contributed by atoms with Crippen LogP contribution in [0.2, 0.25) is 0 Å². The molecule has 1 amide bonds. The first-order valence-corrected chi connectivity index (χ1v) is 13.0. The summed E-state index contributed by atoms with van der Waals surface area (Å²) >= 11 is 0. The Morgan fingerprint density at radius 1 is 0.846 bits per heavy atom. The number of para-hydroxylation sites is 1. The Labute approximate surface area is 227 Å². The maximum Gasteiger partial charge on any atom is 0.289 e. The van der Waals surface area contributed by atoms with Gasteiger partial charge in [-0.3, -0.25) is 9.69 Å². The van der Waals surface area contributed by atoms with Crippen molar-refractivity contribution in [3.8, 4) is 5.75 Å². The van der Waals surface area contributed by atoms with E-state index in [-0.39, 0.29) is 23.3 Å². The van der Waals surface area contributed by atoms with Gasteiger partial charge in [0.25, 0.3) is 5.91 Å². The minimum absolute atomic E-state index is 0.182. The van der Waals surface area contributed by atoms with Gasteiger partial charge in [-0.15, -0.1) is 0 Å². The number of amides is 1. The number of carbonyl (C=O) groups is 1. The van der Waals surface area contributed by atoms with Crippen LogP contribution in [0.15, 0.2) is 89.3 Å². The lowest BCUT2D eigenvalue weighted by atomic mass is 10.1. The summed E-state index contributed by atoms with van der Waals surface area (Å²) < 4.78 is 39.4. The van der Waals surface area contributed by atoms with Crippen molar-refractivity contribution in [1.29, 1.82) is 0 Å². The third kappa shape index (κ3) is 6.64. The van der Waals surface area contributed by atoms with Crippen LogP contribution in [0.3, 0.4) is 0 Å². The number of benzene rings is 3. The molecule has 3 aromatic carbocycles. The van der Waals surface area contributed by atoms with E-state index in [4.69, 9.17) is 9.15 Å². The third-order valence-electron chi connectivity index (χ3n) is 6.85. The Hall–Kier alpha value is -4.17. The quantitative estimate of drug-likeness (QED) is 0.276. The summed E-state index contributed by atoms with van der Waals surface area (Å²) in [6.45, 7) is 3.55. The summed E-state index contributed by atoms with van der Waals surface area (Å²) in [6.07, 6.45) is 0. The molecule has 0 aliphatic carbocycles. The zero-order chi connectivity index (χ0) is 27.2. The fourth-order valence-electron chi connectivity index (χ4n) is 4.90. The molecule has 0 unspecified atom stereocenters. The van der Waals surface area contributed by atoms with Gasteiger partial charge in [-0.05, 0) is 59.7 Å². The van der Waals surface area contributed by atoms with Gasteiger partial charge in [0.1, 0.15) is 23.1 Å². The summed E-state index contributed by atoms with van der Waals surface area (Å²) in [4.78, 5) is 19.0. The van der Waals surface area contributed by atoms with Crippen molar-refractivity contribution >= 4 is 11.6 Å². The molecule has 0 spiro atoms. The number of halogens is 2. The van der Waals surface area contributed by atoms with Crippen LogP contribution < -0.4 is 9.64 Å². The van der Waals surface area contributed by atoms with Crippen molar-refractivity contribution in [2.45, 2.75) is 19.6 Å². The molecule has 2 heterocycles. The maximum absolute atomic E-state index is 14.2. The number of rotatable bonds is 9. The van der Waals surface area contributed by atoms with E-state index >= 15 is 0 Å². The first-order valence-electron chi connectivity index (χ1n) is 13.0. The fraction of sp³-hybridized carbons (Fsp3) is 0.258. The van der Waals surface area contributed by atoms with Gasteiger partial charge >= 0.3 is 0 Å². The molecule has 8 heteroatoms. The van der Waals surface area contributed by atoms with Crippen molar-refractivity contribution in [2.24, 2.45) is 0 Å². The van der Waals surface area contributed by atoms with Crippen LogP contribution in [0.1, 0.15) is 27.4 Å². The molecule has 39 heavy (non-hydrogen) atoms. The van der Waals surface area contributed by atoms with Crippen LogP contribution in [0.5, 0.6) is 5.75 Å². The minimum Gasteiger partial charge on any atom is -0.497 e. The molecule has 4 aromatic rings. The van der Waals surface area contributed by atoms with E-state index in [0.717, 1.165) is 16.9 Å². The van der Waals surface area contributed by atoms with E-state index in [9.17, 15) is 13.6 Å². The van der Waals surface area contributed by atoms with Gasteiger partial charge in [0, 0.05) is 39.3 Å². The molecule has 1 aromatic heterocycles. The zero-order valence-corrected chi connectivity index (χ0v) is 21.9. The number of carbonyl (C=O) groups excluding carboxylic acids is 1. The normalized spacial score (nSPS) is 13.6. The van der Waals surface area contributed by atoms with E-state index in [1.807, 2.05) is 47.4 Å². The SMILES string of the molecule is COc1cccc(CN(Cc2cccc(F)c2)Cc2ccc(C(=O)N3CCN(c4ccccc4F)CC3)o2)c1. The van der Waals surface area contributed by atoms with Crippen molar-refractivity contribution in [3.05, 3.63) is 119 Å². The van der Waals surface area contributed by atoms with Gasteiger partial charge in [0.05, 0.1) is 19.3 Å². The highest BCUT2D eigenvalue weighted by Gasteiger charge is 2.25. The molecular formula is C31H31F2N3O3. The lowest BCUT2D eigenvalue weighted by molar-refractivity contribution is 0.0710. The second kappa shape index (κ2) is 12.1. The summed E-state index contributed by atoms with van der Waals surface area (Å²) in [7, 11) is 1.63. The lowest BCUT2D eigenvalue weighted by Crippen LogP contribution is -2.49. The molecule has 0 saturated carbocycles. The summed E-state index contributed by atoms with van der Waals surface area (Å²) in [6, 6.07) is 24.5. The largest absolute Gasteiger partial charge is 0.497 e. The van der Waals surface area contributed by atoms with Gasteiger partial charge in [-0.25, -0.2) is 8.78 Å². The van der Waals surface area contributed by atoms with Crippen LogP contribution in [0.25, 0.3) is 0 Å². The molecule has 1 fully saturated rings. The van der Waals surface area contributed by atoms with E-state index in [1.165, 1.54) is 18.2 Å². The Balaban J connectivity index is 1.25. The first-order chi connectivity index (χ1) is 19.0. The molecule has 0 bridgehead atoms. The highest BCUT2D eigenvalue weighted by Crippen LogP contribution is 2.23. The molecule has 1 saturated heterocycles. The monoisotopic (exact) mass is 531 g/mol. The third-order valence-corrected chi connectivity index (χ3v) is 6.85. The highest BCUT2D eigenvalue weighted by atomic mass is 19.1. The van der Waals surface area contributed by atoms with E-state index < -0.39 is 0 Å². The Morgan fingerprint density at radius 3 is 2.28 bits per heavy atom. The van der Waals surface area contributed by atoms with E-state index in [2.05, 4.69) is 4.90 Å². The number of furan rings is 1. The second-order valence-corrected chi connectivity index (χ2v) is 9.62. The average Bonchev–Trinajstić information content (AvgIpc) is 3.41. The van der Waals surface area contributed by atoms with Crippen LogP contribution in [-0.2, 0) is 19.6 Å². The van der Waals surface area contributed by atoms with Crippen molar-refractivity contribution in [1.82, 2.24) is 9.80 Å². The predicted octanol–water partition coefficient (Wildman–Crippen LogP) is 5.73. The molecular weight excluding hydrogens is 500 g/mol. The number of piperazine rings is 1. The molecule has 0 N–H and O–H groups in total. The maximum atomic E-state index is 14.2. The van der Waals surface area contributed by atoms with Crippen molar-refractivity contribution in [3.63, 3.8) is 0 Å². The molecule has 0 atom stereocenters. The van der Waals surface area contributed by atoms with Crippen LogP contribution in [-0.4, -0.2) is 49.0 Å². The molecule has 1 aliphatic rings. The minimum atomic E-state index is -0.283. The standard InChI is InChI=1S/C31H31F2N3O3/c1-38-26-9-5-7-24(19-26)21-34(20-23-6-4-8-25(32)18-23)22-27-12-13-30(39-27)31(37)36-16-14-35(15-17-36)29-11-3-2-10-28(29)33/h2-13,18-19H,14-17,20-22H2,1H3. The second-order valence-electron chi connectivity index (χ2n) is 9.62. The van der Waals surface area contributed by atoms with Crippen molar-refractivity contribution in [2.75, 3.05) is 38.2 Å².